The zero-order valence-electron chi connectivity index (χ0n) is 9.88. The molecule has 2 aromatic heterocycles. The van der Waals surface area contributed by atoms with Crippen LogP contribution in [0.15, 0.2) is 18.6 Å². The van der Waals surface area contributed by atoms with Gasteiger partial charge < -0.3 is 10.3 Å². The first-order chi connectivity index (χ1) is 7.58. The molecule has 2 heterocycles. The maximum absolute atomic E-state index is 5.85. The largest absolute Gasteiger partial charge is 0.384 e. The van der Waals surface area contributed by atoms with Gasteiger partial charge in [-0.05, 0) is 20.8 Å². The highest BCUT2D eigenvalue weighted by Gasteiger charge is 2.08. The average molecular weight is 219 g/mol. The summed E-state index contributed by atoms with van der Waals surface area (Å²) in [5, 5.41) is 4.34. The second-order valence-corrected chi connectivity index (χ2v) is 4.25. The van der Waals surface area contributed by atoms with Crippen LogP contribution in [0.4, 0.5) is 5.82 Å². The summed E-state index contributed by atoms with van der Waals surface area (Å²) in [4.78, 5) is 4.16. The van der Waals surface area contributed by atoms with Crippen molar-refractivity contribution in [3.8, 4) is 0 Å². The minimum absolute atomic E-state index is 0.399. The van der Waals surface area contributed by atoms with Crippen LogP contribution in [0.2, 0.25) is 0 Å². The van der Waals surface area contributed by atoms with Crippen LogP contribution in [0, 0.1) is 6.92 Å². The summed E-state index contributed by atoms with van der Waals surface area (Å²) in [6.45, 7) is 6.86. The van der Waals surface area contributed by atoms with Crippen LogP contribution in [0.25, 0.3) is 0 Å². The highest BCUT2D eigenvalue weighted by Crippen LogP contribution is 2.13. The molecule has 0 atom stereocenters. The molecule has 2 rings (SSSR count). The summed E-state index contributed by atoms with van der Waals surface area (Å²) in [7, 11) is 0. The van der Waals surface area contributed by atoms with Gasteiger partial charge in [-0.3, -0.25) is 0 Å². The summed E-state index contributed by atoms with van der Waals surface area (Å²) < 4.78 is 3.92. The molecule has 5 heteroatoms. The lowest BCUT2D eigenvalue weighted by Crippen LogP contribution is -2.11. The molecule has 2 N–H and O–H groups in total. The van der Waals surface area contributed by atoms with Crippen molar-refractivity contribution in [1.82, 2.24) is 19.3 Å². The van der Waals surface area contributed by atoms with Gasteiger partial charge in [0.1, 0.15) is 5.82 Å². The third kappa shape index (κ3) is 1.93. The van der Waals surface area contributed by atoms with E-state index in [0.29, 0.717) is 18.4 Å². The van der Waals surface area contributed by atoms with Crippen LogP contribution in [-0.4, -0.2) is 19.3 Å². The number of hydrogen-bond acceptors (Lipinski definition) is 3. The van der Waals surface area contributed by atoms with E-state index in [2.05, 4.69) is 28.5 Å². The summed E-state index contributed by atoms with van der Waals surface area (Å²) in [5.74, 6) is 0.689. The van der Waals surface area contributed by atoms with Crippen molar-refractivity contribution < 1.29 is 0 Å². The van der Waals surface area contributed by atoms with Crippen molar-refractivity contribution in [2.75, 3.05) is 5.73 Å². The van der Waals surface area contributed by atoms with Gasteiger partial charge in [0.15, 0.2) is 0 Å². The Bertz CT molecular complexity index is 480. The Morgan fingerprint density at radius 3 is 2.75 bits per heavy atom. The number of aryl methyl sites for hydroxylation is 1. The van der Waals surface area contributed by atoms with Crippen LogP contribution < -0.4 is 5.73 Å². The predicted molar refractivity (Wildman–Crippen MR) is 63.1 cm³/mol. The molecule has 0 radical (unpaired) electrons. The molecule has 0 aromatic carbocycles. The highest BCUT2D eigenvalue weighted by atomic mass is 15.3. The summed E-state index contributed by atoms with van der Waals surface area (Å²) >= 11 is 0. The number of imidazole rings is 1. The van der Waals surface area contributed by atoms with E-state index in [1.807, 2.05) is 25.5 Å². The first kappa shape index (κ1) is 10.7. The summed E-state index contributed by atoms with van der Waals surface area (Å²) in [6.07, 6.45) is 3.70. The lowest BCUT2D eigenvalue weighted by molar-refractivity contribution is 0.549. The third-order valence-corrected chi connectivity index (χ3v) is 2.55. The van der Waals surface area contributed by atoms with E-state index >= 15 is 0 Å². The van der Waals surface area contributed by atoms with Crippen molar-refractivity contribution in [1.29, 1.82) is 0 Å². The van der Waals surface area contributed by atoms with E-state index in [4.69, 9.17) is 5.73 Å². The molecule has 0 bridgehead atoms. The van der Waals surface area contributed by atoms with Crippen LogP contribution in [-0.2, 0) is 6.54 Å². The Morgan fingerprint density at radius 1 is 1.44 bits per heavy atom. The van der Waals surface area contributed by atoms with Crippen molar-refractivity contribution in [3.05, 3.63) is 30.0 Å². The fraction of sp³-hybridized carbons (Fsp3) is 0.455. The molecule has 0 aliphatic heterocycles. The predicted octanol–water partition coefficient (Wildman–Crippen LogP) is 1.60. The zero-order valence-corrected chi connectivity index (χ0v) is 9.88. The quantitative estimate of drug-likeness (QED) is 0.852. The van der Waals surface area contributed by atoms with Crippen molar-refractivity contribution >= 4 is 5.82 Å². The van der Waals surface area contributed by atoms with Gasteiger partial charge in [-0.15, -0.1) is 0 Å². The van der Waals surface area contributed by atoms with Gasteiger partial charge in [-0.1, -0.05) is 0 Å². The van der Waals surface area contributed by atoms with Gasteiger partial charge in [0.2, 0.25) is 0 Å². The molecule has 86 valence electrons. The van der Waals surface area contributed by atoms with Crippen LogP contribution in [0.5, 0.6) is 0 Å². The Kier molecular flexibility index (Phi) is 2.68. The van der Waals surface area contributed by atoms with E-state index in [-0.39, 0.29) is 0 Å². The number of nitrogens with zero attached hydrogens (tertiary/aromatic N) is 4. The normalized spacial score (nSPS) is 11.2. The van der Waals surface area contributed by atoms with Crippen molar-refractivity contribution in [2.45, 2.75) is 33.4 Å². The zero-order chi connectivity index (χ0) is 11.7. The first-order valence-electron chi connectivity index (χ1n) is 5.38. The smallest absolute Gasteiger partial charge is 0.122 e. The minimum atomic E-state index is 0.399. The molecule has 0 aliphatic rings. The molecule has 0 unspecified atom stereocenters. The van der Waals surface area contributed by atoms with E-state index < -0.39 is 0 Å². The third-order valence-electron chi connectivity index (χ3n) is 2.55. The van der Waals surface area contributed by atoms with Crippen LogP contribution >= 0.6 is 0 Å². The van der Waals surface area contributed by atoms with Gasteiger partial charge in [0, 0.05) is 12.1 Å². The minimum Gasteiger partial charge on any atom is -0.384 e. The SMILES string of the molecule is Cc1cc(N)n(Cc2cncn2C(C)C)n1. The Hall–Kier alpha value is -1.78. The molecule has 0 spiro atoms. The molecule has 2 aromatic rings. The number of rotatable bonds is 3. The fourth-order valence-electron chi connectivity index (χ4n) is 1.77. The molecule has 16 heavy (non-hydrogen) atoms. The Balaban J connectivity index is 2.27. The Morgan fingerprint density at radius 2 is 2.19 bits per heavy atom. The van der Waals surface area contributed by atoms with Crippen LogP contribution in [0.3, 0.4) is 0 Å². The van der Waals surface area contributed by atoms with Gasteiger partial charge in [0.05, 0.1) is 30.5 Å². The lowest BCUT2D eigenvalue weighted by atomic mass is 10.3. The first-order valence-corrected chi connectivity index (χ1v) is 5.38. The molecule has 0 saturated carbocycles. The number of nitrogen functional groups attached to an aromatic ring is 1. The van der Waals surface area contributed by atoms with E-state index in [0.717, 1.165) is 11.4 Å². The summed E-state index contributed by atoms with van der Waals surface area (Å²) in [5.41, 5.74) is 7.91. The monoisotopic (exact) mass is 219 g/mol. The highest BCUT2D eigenvalue weighted by molar-refractivity contribution is 5.30. The van der Waals surface area contributed by atoms with Gasteiger partial charge in [0.25, 0.3) is 0 Å². The second kappa shape index (κ2) is 4.00. The van der Waals surface area contributed by atoms with E-state index in [1.54, 1.807) is 4.68 Å². The maximum Gasteiger partial charge on any atom is 0.122 e. The molecule has 0 fully saturated rings. The van der Waals surface area contributed by atoms with Crippen molar-refractivity contribution in [2.24, 2.45) is 0 Å². The van der Waals surface area contributed by atoms with Gasteiger partial charge >= 0.3 is 0 Å². The van der Waals surface area contributed by atoms with Crippen LogP contribution in [0.1, 0.15) is 31.3 Å². The summed E-state index contributed by atoms with van der Waals surface area (Å²) in [6, 6.07) is 2.27. The molecule has 5 nitrogen and oxygen atoms in total. The average Bonchev–Trinajstić information content (AvgIpc) is 2.75. The number of nitrogens with two attached hydrogens (primary N) is 1. The maximum atomic E-state index is 5.85. The number of hydrogen-bond donors (Lipinski definition) is 1. The molecular weight excluding hydrogens is 202 g/mol. The lowest BCUT2D eigenvalue weighted by Gasteiger charge is -2.12. The number of aromatic nitrogens is 4. The molecular formula is C11H17N5. The van der Waals surface area contributed by atoms with Crippen molar-refractivity contribution in [3.63, 3.8) is 0 Å². The molecule has 0 aliphatic carbocycles. The van der Waals surface area contributed by atoms with Gasteiger partial charge in [-0.25, -0.2) is 9.67 Å². The molecule has 0 amide bonds. The second-order valence-electron chi connectivity index (χ2n) is 4.25. The fourth-order valence-corrected chi connectivity index (χ4v) is 1.77. The van der Waals surface area contributed by atoms with E-state index in [9.17, 15) is 0 Å². The van der Waals surface area contributed by atoms with E-state index in [1.165, 1.54) is 0 Å². The Labute approximate surface area is 94.9 Å². The standard InChI is InChI=1S/C11H17N5/c1-8(2)15-7-13-5-10(15)6-16-11(12)4-9(3)14-16/h4-5,7-8H,6,12H2,1-3H3. The van der Waals surface area contributed by atoms with Gasteiger partial charge in [-0.2, -0.15) is 5.10 Å². The topological polar surface area (TPSA) is 61.7 Å². The number of anilines is 1. The molecule has 0 saturated heterocycles.